The van der Waals surface area contributed by atoms with Gasteiger partial charge in [0.1, 0.15) is 11.6 Å². The van der Waals surface area contributed by atoms with Crippen molar-refractivity contribution in [3.8, 4) is 11.3 Å². The van der Waals surface area contributed by atoms with Gasteiger partial charge in [-0.25, -0.2) is 4.98 Å². The summed E-state index contributed by atoms with van der Waals surface area (Å²) < 4.78 is 7.43. The molecule has 0 radical (unpaired) electrons. The first-order valence-electron chi connectivity index (χ1n) is 12.3. The quantitative estimate of drug-likeness (QED) is 0.609. The highest BCUT2D eigenvalue weighted by atomic mass is 16.6. The van der Waals surface area contributed by atoms with Crippen LogP contribution in [0, 0.1) is 0 Å². The van der Waals surface area contributed by atoms with Crippen molar-refractivity contribution in [1.29, 1.82) is 0 Å². The number of ether oxygens (including phenoxy) is 1. The van der Waals surface area contributed by atoms with Crippen molar-refractivity contribution in [1.82, 2.24) is 14.5 Å². The Morgan fingerprint density at radius 2 is 1.89 bits per heavy atom. The number of esters is 1. The highest BCUT2D eigenvalue weighted by Crippen LogP contribution is 2.32. The number of imidazole rings is 1. The molecule has 1 unspecified atom stereocenters. The number of piperidine rings is 1. The summed E-state index contributed by atoms with van der Waals surface area (Å²) in [6.45, 7) is 7.64. The van der Waals surface area contributed by atoms with Crippen molar-refractivity contribution in [2.75, 3.05) is 18.0 Å². The molecule has 1 fully saturated rings. The van der Waals surface area contributed by atoms with Gasteiger partial charge < -0.3 is 24.8 Å². The third-order valence-corrected chi connectivity index (χ3v) is 6.58. The zero-order valence-corrected chi connectivity index (χ0v) is 21.0. The van der Waals surface area contributed by atoms with Crippen LogP contribution < -0.4 is 10.6 Å². The molecular weight excluding hydrogens is 446 g/mol. The molecule has 2 aliphatic heterocycles. The number of benzene rings is 1. The summed E-state index contributed by atoms with van der Waals surface area (Å²) in [5.74, 6) is -0.351. The minimum absolute atomic E-state index is 0.00451. The number of nitrogens with zero attached hydrogens (tertiary/aromatic N) is 4. The molecule has 1 atom stereocenters. The van der Waals surface area contributed by atoms with E-state index >= 15 is 0 Å². The average Bonchev–Trinajstić information content (AvgIpc) is 3.33. The molecular formula is C26H35N5O4. The number of rotatable bonds is 7. The summed E-state index contributed by atoms with van der Waals surface area (Å²) in [6.07, 6.45) is 5.60. The Balaban J connectivity index is 1.51. The number of amides is 2. The van der Waals surface area contributed by atoms with Crippen molar-refractivity contribution in [2.45, 2.75) is 71.1 Å². The average molecular weight is 482 g/mol. The number of nitrogens with two attached hydrogens (primary N) is 1. The van der Waals surface area contributed by atoms with Crippen LogP contribution in [0.15, 0.2) is 24.4 Å². The highest BCUT2D eigenvalue weighted by molar-refractivity contribution is 6.01. The van der Waals surface area contributed by atoms with Crippen LogP contribution in [0.25, 0.3) is 11.3 Å². The lowest BCUT2D eigenvalue weighted by Crippen LogP contribution is -2.45. The van der Waals surface area contributed by atoms with Crippen molar-refractivity contribution in [3.63, 3.8) is 0 Å². The SMILES string of the molecule is Cn1c(-c2ccc3c(c2)CN(C(CCC(=O)OC(C)(C)C)C(N)=O)C3=O)cnc1N1CCCCC1. The fourth-order valence-corrected chi connectivity index (χ4v) is 4.91. The topological polar surface area (TPSA) is 111 Å². The first kappa shape index (κ1) is 24.8. The maximum absolute atomic E-state index is 13.1. The second-order valence-corrected chi connectivity index (χ2v) is 10.4. The van der Waals surface area contributed by atoms with Crippen molar-refractivity contribution in [3.05, 3.63) is 35.5 Å². The Bertz CT molecular complexity index is 1130. The summed E-state index contributed by atoms with van der Waals surface area (Å²) in [5, 5.41) is 0. The molecule has 1 aromatic heterocycles. The summed E-state index contributed by atoms with van der Waals surface area (Å²) in [5.41, 5.74) is 8.33. The Morgan fingerprint density at radius 3 is 2.54 bits per heavy atom. The lowest BCUT2D eigenvalue weighted by Gasteiger charge is -2.27. The minimum atomic E-state index is -0.881. The second-order valence-electron chi connectivity index (χ2n) is 10.4. The molecule has 2 aromatic rings. The van der Waals surface area contributed by atoms with Gasteiger partial charge in [0.2, 0.25) is 11.9 Å². The van der Waals surface area contributed by atoms with Crippen LogP contribution in [-0.2, 0) is 27.9 Å². The van der Waals surface area contributed by atoms with E-state index < -0.39 is 23.5 Å². The maximum Gasteiger partial charge on any atom is 0.306 e. The standard InChI is InChI=1S/C26H35N5O4/c1-26(2,3)35-22(32)11-10-20(23(27)33)31-16-18-14-17(8-9-19(18)24(31)34)21-15-28-25(29(21)4)30-12-6-5-7-13-30/h8-9,14-15,20H,5-7,10-13,16H2,1-4H3,(H2,27,33). The molecule has 0 bridgehead atoms. The van der Waals surface area contributed by atoms with E-state index in [1.807, 2.05) is 25.4 Å². The van der Waals surface area contributed by atoms with Gasteiger partial charge in [0, 0.05) is 44.2 Å². The number of fused-ring (bicyclic) bond motifs is 1. The Labute approximate surface area is 206 Å². The molecule has 3 heterocycles. The van der Waals surface area contributed by atoms with Gasteiger partial charge in [0.05, 0.1) is 11.9 Å². The maximum atomic E-state index is 13.1. The van der Waals surface area contributed by atoms with E-state index in [0.717, 1.165) is 35.9 Å². The zero-order valence-electron chi connectivity index (χ0n) is 21.0. The summed E-state index contributed by atoms with van der Waals surface area (Å²) in [4.78, 5) is 45.9. The third kappa shape index (κ3) is 5.33. The summed E-state index contributed by atoms with van der Waals surface area (Å²) >= 11 is 0. The van der Waals surface area contributed by atoms with E-state index in [9.17, 15) is 14.4 Å². The van der Waals surface area contributed by atoms with Crippen LogP contribution in [0.1, 0.15) is 68.8 Å². The number of hydrogen-bond donors (Lipinski definition) is 1. The minimum Gasteiger partial charge on any atom is -0.460 e. The van der Waals surface area contributed by atoms with Crippen molar-refractivity contribution in [2.24, 2.45) is 12.8 Å². The lowest BCUT2D eigenvalue weighted by atomic mass is 10.0. The second kappa shape index (κ2) is 9.71. The number of carbonyl (C=O) groups is 3. The number of hydrogen-bond acceptors (Lipinski definition) is 6. The van der Waals surface area contributed by atoms with E-state index in [-0.39, 0.29) is 25.3 Å². The van der Waals surface area contributed by atoms with Crippen molar-refractivity contribution >= 4 is 23.7 Å². The fourth-order valence-electron chi connectivity index (χ4n) is 4.91. The van der Waals surface area contributed by atoms with Gasteiger partial charge in [-0.3, -0.25) is 14.4 Å². The lowest BCUT2D eigenvalue weighted by molar-refractivity contribution is -0.155. The van der Waals surface area contributed by atoms with E-state index in [4.69, 9.17) is 10.5 Å². The van der Waals surface area contributed by atoms with Gasteiger partial charge in [-0.2, -0.15) is 0 Å². The number of aromatic nitrogens is 2. The molecule has 4 rings (SSSR count). The smallest absolute Gasteiger partial charge is 0.306 e. The van der Waals surface area contributed by atoms with E-state index in [1.165, 1.54) is 24.2 Å². The van der Waals surface area contributed by atoms with Crippen LogP contribution in [0.5, 0.6) is 0 Å². The Hall–Kier alpha value is -3.36. The van der Waals surface area contributed by atoms with Crippen molar-refractivity contribution < 1.29 is 19.1 Å². The molecule has 2 aliphatic rings. The summed E-state index contributed by atoms with van der Waals surface area (Å²) in [6, 6.07) is 4.81. The van der Waals surface area contributed by atoms with Crippen LogP contribution >= 0.6 is 0 Å². The fraction of sp³-hybridized carbons (Fsp3) is 0.538. The molecule has 2 amide bonds. The first-order chi connectivity index (χ1) is 16.5. The molecule has 35 heavy (non-hydrogen) atoms. The zero-order chi connectivity index (χ0) is 25.3. The molecule has 1 aromatic carbocycles. The van der Waals surface area contributed by atoms with Gasteiger partial charge >= 0.3 is 5.97 Å². The molecule has 1 saturated heterocycles. The van der Waals surface area contributed by atoms with Gasteiger partial charge in [-0.05, 0) is 64.2 Å². The monoisotopic (exact) mass is 481 g/mol. The highest BCUT2D eigenvalue weighted by Gasteiger charge is 2.36. The number of carbonyl (C=O) groups excluding carboxylic acids is 3. The molecule has 2 N–H and O–H groups in total. The van der Waals surface area contributed by atoms with Crippen LogP contribution in [0.3, 0.4) is 0 Å². The van der Waals surface area contributed by atoms with Gasteiger partial charge in [0.25, 0.3) is 5.91 Å². The van der Waals surface area contributed by atoms with E-state index in [1.54, 1.807) is 26.8 Å². The third-order valence-electron chi connectivity index (χ3n) is 6.58. The molecule has 9 heteroatoms. The normalized spacial score (nSPS) is 16.9. The van der Waals surface area contributed by atoms with E-state index in [0.29, 0.717) is 5.56 Å². The Kier molecular flexibility index (Phi) is 6.87. The largest absolute Gasteiger partial charge is 0.460 e. The van der Waals surface area contributed by atoms with Crippen LogP contribution in [-0.4, -0.2) is 57.0 Å². The number of primary amides is 1. The van der Waals surface area contributed by atoms with Gasteiger partial charge in [-0.1, -0.05) is 6.07 Å². The molecule has 188 valence electrons. The van der Waals surface area contributed by atoms with Gasteiger partial charge in [0.15, 0.2) is 0 Å². The molecule has 0 saturated carbocycles. The van der Waals surface area contributed by atoms with E-state index in [2.05, 4.69) is 14.5 Å². The molecule has 0 spiro atoms. The predicted molar refractivity (Wildman–Crippen MR) is 133 cm³/mol. The number of anilines is 1. The molecule has 0 aliphatic carbocycles. The van der Waals surface area contributed by atoms with Crippen LogP contribution in [0.4, 0.5) is 5.95 Å². The van der Waals surface area contributed by atoms with Crippen LogP contribution in [0.2, 0.25) is 0 Å². The first-order valence-corrected chi connectivity index (χ1v) is 12.3. The van der Waals surface area contributed by atoms with Gasteiger partial charge in [-0.15, -0.1) is 0 Å². The summed E-state index contributed by atoms with van der Waals surface area (Å²) in [7, 11) is 2.01. The predicted octanol–water partition coefficient (Wildman–Crippen LogP) is 3.01. The molecule has 9 nitrogen and oxygen atoms in total. The Morgan fingerprint density at radius 1 is 1.17 bits per heavy atom.